The fourth-order valence-electron chi connectivity index (χ4n) is 3.02. The molecule has 0 radical (unpaired) electrons. The van der Waals surface area contributed by atoms with E-state index in [4.69, 9.17) is 9.47 Å². The Morgan fingerprint density at radius 2 is 2.19 bits per heavy atom. The molecule has 1 aromatic heterocycles. The highest BCUT2D eigenvalue weighted by Crippen LogP contribution is 2.75. The van der Waals surface area contributed by atoms with Crippen molar-refractivity contribution in [1.29, 1.82) is 0 Å². The monoisotopic (exact) mass is 288 g/mol. The van der Waals surface area contributed by atoms with Crippen LogP contribution in [-0.4, -0.2) is 30.2 Å². The second-order valence-electron chi connectivity index (χ2n) is 6.38. The van der Waals surface area contributed by atoms with Gasteiger partial charge in [-0.15, -0.1) is 0 Å². The number of hydrogen-bond acceptors (Lipinski definition) is 4. The van der Waals surface area contributed by atoms with Crippen molar-refractivity contribution in [2.24, 2.45) is 11.3 Å². The average molecular weight is 288 g/mol. The second-order valence-corrected chi connectivity index (χ2v) is 6.38. The summed E-state index contributed by atoms with van der Waals surface area (Å²) in [5.74, 6) is 1.54. The minimum atomic E-state index is 0.0362. The molecule has 0 spiro atoms. The first-order valence-electron chi connectivity index (χ1n) is 7.74. The van der Waals surface area contributed by atoms with Crippen LogP contribution in [-0.2, 0) is 16.1 Å². The fourth-order valence-corrected chi connectivity index (χ4v) is 3.02. The SMILES string of the molecule is O=C(NCc1ccnc(OC2CCOCC2)c1)C12CC1C2. The predicted molar refractivity (Wildman–Crippen MR) is 75.7 cm³/mol. The van der Waals surface area contributed by atoms with Gasteiger partial charge in [-0.25, -0.2) is 4.98 Å². The molecule has 5 nitrogen and oxygen atoms in total. The minimum absolute atomic E-state index is 0.0362. The number of hydrogen-bond donors (Lipinski definition) is 1. The number of rotatable bonds is 5. The third kappa shape index (κ3) is 2.62. The number of carbonyl (C=O) groups excluding carboxylic acids is 1. The molecular weight excluding hydrogens is 268 g/mol. The summed E-state index contributed by atoms with van der Waals surface area (Å²) in [6, 6.07) is 3.84. The smallest absolute Gasteiger partial charge is 0.226 e. The van der Waals surface area contributed by atoms with E-state index in [2.05, 4.69) is 10.3 Å². The van der Waals surface area contributed by atoms with Crippen molar-refractivity contribution in [3.63, 3.8) is 0 Å². The predicted octanol–water partition coefficient (Wildman–Crippen LogP) is 1.67. The van der Waals surface area contributed by atoms with Gasteiger partial charge in [0.25, 0.3) is 0 Å². The van der Waals surface area contributed by atoms with Gasteiger partial charge in [0, 0.05) is 31.6 Å². The minimum Gasteiger partial charge on any atom is -0.474 e. The van der Waals surface area contributed by atoms with Crippen LogP contribution in [0, 0.1) is 11.3 Å². The van der Waals surface area contributed by atoms with E-state index in [-0.39, 0.29) is 17.4 Å². The number of ether oxygens (including phenoxy) is 2. The van der Waals surface area contributed by atoms with Gasteiger partial charge in [-0.3, -0.25) is 4.79 Å². The molecule has 3 fully saturated rings. The third-order valence-electron chi connectivity index (χ3n) is 4.84. The zero-order valence-electron chi connectivity index (χ0n) is 12.0. The summed E-state index contributed by atoms with van der Waals surface area (Å²) in [6.07, 6.45) is 5.93. The number of carbonyl (C=O) groups is 1. The van der Waals surface area contributed by atoms with Crippen LogP contribution in [0.15, 0.2) is 18.3 Å². The van der Waals surface area contributed by atoms with Crippen LogP contribution in [0.5, 0.6) is 5.88 Å². The van der Waals surface area contributed by atoms with Crippen LogP contribution in [0.25, 0.3) is 0 Å². The lowest BCUT2D eigenvalue weighted by Gasteiger charge is -2.22. The molecule has 0 atom stereocenters. The van der Waals surface area contributed by atoms with E-state index in [0.29, 0.717) is 18.3 Å². The average Bonchev–Trinajstić information content (AvgIpc) is 3.36. The standard InChI is InChI=1S/C16H20N2O3/c19-15(16-8-12(16)9-16)18-10-11-1-4-17-14(7-11)21-13-2-5-20-6-3-13/h1,4,7,12-13H,2-3,5-6,8-10H2,(H,18,19). The summed E-state index contributed by atoms with van der Waals surface area (Å²) in [5.41, 5.74) is 1.07. The lowest BCUT2D eigenvalue weighted by Crippen LogP contribution is -2.28. The van der Waals surface area contributed by atoms with Crippen LogP contribution < -0.4 is 10.1 Å². The van der Waals surface area contributed by atoms with Gasteiger partial charge in [-0.05, 0) is 30.4 Å². The molecule has 1 aliphatic heterocycles. The quantitative estimate of drug-likeness (QED) is 0.895. The third-order valence-corrected chi connectivity index (χ3v) is 4.84. The molecule has 0 unspecified atom stereocenters. The Hall–Kier alpha value is -1.62. The first-order chi connectivity index (χ1) is 10.3. The molecule has 0 aromatic carbocycles. The highest BCUT2D eigenvalue weighted by molar-refractivity contribution is 5.89. The molecule has 21 heavy (non-hydrogen) atoms. The maximum absolute atomic E-state index is 12.0. The van der Waals surface area contributed by atoms with Crippen molar-refractivity contribution in [2.45, 2.75) is 38.3 Å². The van der Waals surface area contributed by atoms with Gasteiger partial charge in [0.2, 0.25) is 11.8 Å². The highest BCUT2D eigenvalue weighted by Gasteiger charge is 2.74. The van der Waals surface area contributed by atoms with Crippen LogP contribution in [0.1, 0.15) is 31.2 Å². The Balaban J connectivity index is 1.32. The summed E-state index contributed by atoms with van der Waals surface area (Å²) in [6.45, 7) is 2.06. The number of pyridine rings is 1. The molecule has 0 bridgehead atoms. The molecule has 1 saturated heterocycles. The number of fused-ring (bicyclic) bond motifs is 1. The van der Waals surface area contributed by atoms with Crippen LogP contribution in [0.4, 0.5) is 0 Å². The number of amides is 1. The van der Waals surface area contributed by atoms with Crippen LogP contribution in [0.3, 0.4) is 0 Å². The molecule has 2 heterocycles. The van der Waals surface area contributed by atoms with Gasteiger partial charge < -0.3 is 14.8 Å². The topological polar surface area (TPSA) is 60.5 Å². The number of nitrogens with one attached hydrogen (secondary N) is 1. The van der Waals surface area contributed by atoms with Crippen molar-refractivity contribution in [1.82, 2.24) is 10.3 Å². The molecule has 3 aliphatic rings. The summed E-state index contributed by atoms with van der Waals surface area (Å²) < 4.78 is 11.2. The molecule has 1 amide bonds. The highest BCUT2D eigenvalue weighted by atomic mass is 16.5. The van der Waals surface area contributed by atoms with E-state index in [1.807, 2.05) is 12.1 Å². The second kappa shape index (κ2) is 4.98. The van der Waals surface area contributed by atoms with E-state index < -0.39 is 0 Å². The van der Waals surface area contributed by atoms with Gasteiger partial charge in [0.1, 0.15) is 6.10 Å². The van der Waals surface area contributed by atoms with Gasteiger partial charge in [-0.2, -0.15) is 0 Å². The molecule has 5 heteroatoms. The summed E-state index contributed by atoms with van der Waals surface area (Å²) >= 11 is 0. The van der Waals surface area contributed by atoms with Gasteiger partial charge in [0.15, 0.2) is 0 Å². The number of nitrogens with zero attached hydrogens (tertiary/aromatic N) is 1. The van der Waals surface area contributed by atoms with Crippen LogP contribution in [0.2, 0.25) is 0 Å². The lowest BCUT2D eigenvalue weighted by atomic mass is 10.1. The van der Waals surface area contributed by atoms with Crippen molar-refractivity contribution in [3.05, 3.63) is 23.9 Å². The van der Waals surface area contributed by atoms with Crippen molar-refractivity contribution in [2.75, 3.05) is 13.2 Å². The van der Waals surface area contributed by atoms with E-state index in [0.717, 1.165) is 44.5 Å². The van der Waals surface area contributed by atoms with Crippen LogP contribution >= 0.6 is 0 Å². The normalized spacial score (nSPS) is 30.4. The van der Waals surface area contributed by atoms with E-state index >= 15 is 0 Å². The van der Waals surface area contributed by atoms with Crippen molar-refractivity contribution >= 4 is 5.91 Å². The Bertz CT molecular complexity index is 548. The van der Waals surface area contributed by atoms with Crippen molar-refractivity contribution in [3.8, 4) is 5.88 Å². The van der Waals surface area contributed by atoms with Crippen molar-refractivity contribution < 1.29 is 14.3 Å². The van der Waals surface area contributed by atoms with E-state index in [1.54, 1.807) is 6.20 Å². The molecule has 4 rings (SSSR count). The van der Waals surface area contributed by atoms with E-state index in [1.165, 1.54) is 0 Å². The number of aromatic nitrogens is 1. The molecular formula is C16H20N2O3. The fraction of sp³-hybridized carbons (Fsp3) is 0.625. The van der Waals surface area contributed by atoms with E-state index in [9.17, 15) is 4.79 Å². The van der Waals surface area contributed by atoms with Gasteiger partial charge in [0.05, 0.1) is 18.6 Å². The Labute approximate surface area is 124 Å². The summed E-state index contributed by atoms with van der Waals surface area (Å²) in [5, 5.41) is 3.03. The van der Waals surface area contributed by atoms with Gasteiger partial charge in [-0.1, -0.05) is 0 Å². The summed E-state index contributed by atoms with van der Waals surface area (Å²) in [7, 11) is 0. The maximum Gasteiger partial charge on any atom is 0.226 e. The zero-order valence-corrected chi connectivity index (χ0v) is 12.0. The van der Waals surface area contributed by atoms with Gasteiger partial charge >= 0.3 is 0 Å². The maximum atomic E-state index is 12.0. The molecule has 2 saturated carbocycles. The molecule has 1 N–H and O–H groups in total. The zero-order chi connectivity index (χ0) is 14.3. The lowest BCUT2D eigenvalue weighted by molar-refractivity contribution is -0.124. The Morgan fingerprint density at radius 3 is 2.90 bits per heavy atom. The Kier molecular flexibility index (Phi) is 3.10. The Morgan fingerprint density at radius 1 is 1.43 bits per heavy atom. The molecule has 112 valence electrons. The molecule has 1 aromatic rings. The first-order valence-corrected chi connectivity index (χ1v) is 7.74. The summed E-state index contributed by atoms with van der Waals surface area (Å²) in [4.78, 5) is 16.2. The molecule has 2 aliphatic carbocycles. The largest absolute Gasteiger partial charge is 0.474 e. The first kappa shape index (κ1) is 13.1.